The van der Waals surface area contributed by atoms with Crippen LogP contribution in [0.1, 0.15) is 15.9 Å². The van der Waals surface area contributed by atoms with E-state index in [1.807, 2.05) is 0 Å². The van der Waals surface area contributed by atoms with Gasteiger partial charge in [0.15, 0.2) is 0 Å². The zero-order chi connectivity index (χ0) is 17.0. The minimum absolute atomic E-state index is 0.0991. The summed E-state index contributed by atoms with van der Waals surface area (Å²) in [5.41, 5.74) is -0.344. The van der Waals surface area contributed by atoms with Gasteiger partial charge in [-0.25, -0.2) is 4.79 Å². The molecular weight excluding hydrogens is 324 g/mol. The molecule has 0 aliphatic heterocycles. The van der Waals surface area contributed by atoms with Crippen molar-refractivity contribution in [3.8, 4) is 0 Å². The highest BCUT2D eigenvalue weighted by Gasteiger charge is 2.20. The second-order valence-electron chi connectivity index (χ2n) is 4.42. The van der Waals surface area contributed by atoms with Crippen molar-refractivity contribution >= 4 is 29.1 Å². The largest absolute Gasteiger partial charge is 0.478 e. The van der Waals surface area contributed by atoms with Crippen LogP contribution in [0.4, 0.5) is 11.4 Å². The smallest absolute Gasteiger partial charge is 0.336 e. The molecule has 0 saturated heterocycles. The first-order valence-corrected chi connectivity index (χ1v) is 7.25. The summed E-state index contributed by atoms with van der Waals surface area (Å²) in [7, 11) is 0. The number of non-ortho nitro benzene ring substituents is 1. The maximum atomic E-state index is 11.1. The van der Waals surface area contributed by atoms with E-state index in [9.17, 15) is 25.0 Å². The molecule has 9 heteroatoms. The predicted octanol–water partition coefficient (Wildman–Crippen LogP) is 3.49. The van der Waals surface area contributed by atoms with Gasteiger partial charge in [0.2, 0.25) is 0 Å². The lowest BCUT2D eigenvalue weighted by Crippen LogP contribution is -1.99. The van der Waals surface area contributed by atoms with Crippen molar-refractivity contribution in [2.24, 2.45) is 0 Å². The molecular formula is C14H10N2O6S. The van der Waals surface area contributed by atoms with Gasteiger partial charge in [-0.1, -0.05) is 12.1 Å². The number of benzene rings is 2. The number of aromatic carboxylic acids is 1. The molecule has 2 rings (SSSR count). The third-order valence-electron chi connectivity index (χ3n) is 2.98. The van der Waals surface area contributed by atoms with Crippen molar-refractivity contribution < 1.29 is 19.7 Å². The molecule has 2 aromatic rings. The van der Waals surface area contributed by atoms with E-state index in [0.717, 1.165) is 17.8 Å². The number of carboxylic acids is 1. The molecule has 0 atom stereocenters. The van der Waals surface area contributed by atoms with Crippen LogP contribution < -0.4 is 0 Å². The van der Waals surface area contributed by atoms with Gasteiger partial charge in [-0.05, 0) is 18.2 Å². The van der Waals surface area contributed by atoms with Crippen LogP contribution in [0.5, 0.6) is 0 Å². The van der Waals surface area contributed by atoms with Crippen molar-refractivity contribution in [3.63, 3.8) is 0 Å². The maximum Gasteiger partial charge on any atom is 0.336 e. The van der Waals surface area contributed by atoms with Crippen LogP contribution in [0.25, 0.3) is 0 Å². The van der Waals surface area contributed by atoms with E-state index in [4.69, 9.17) is 5.11 Å². The Balaban J connectivity index is 2.29. The number of carbonyl (C=O) groups is 1. The fourth-order valence-electron chi connectivity index (χ4n) is 1.88. The first kappa shape index (κ1) is 16.4. The number of nitrogens with zero attached hydrogens (tertiary/aromatic N) is 2. The van der Waals surface area contributed by atoms with Crippen LogP contribution in [0.15, 0.2) is 47.4 Å². The molecule has 0 heterocycles. The van der Waals surface area contributed by atoms with Crippen molar-refractivity contribution in [2.45, 2.75) is 10.6 Å². The summed E-state index contributed by atoms with van der Waals surface area (Å²) < 4.78 is 0. The minimum atomic E-state index is -1.09. The molecule has 0 fully saturated rings. The van der Waals surface area contributed by atoms with Gasteiger partial charge >= 0.3 is 5.97 Å². The summed E-state index contributed by atoms with van der Waals surface area (Å²) in [5, 5.41) is 30.9. The Morgan fingerprint density at radius 2 is 1.78 bits per heavy atom. The van der Waals surface area contributed by atoms with Crippen molar-refractivity contribution in [3.05, 3.63) is 73.8 Å². The highest BCUT2D eigenvalue weighted by Crippen LogP contribution is 2.32. The molecule has 1 N–H and O–H groups in total. The SMILES string of the molecule is O=C(O)c1ccccc1SCc1ccc([N+](=O)[O-])cc1[N+](=O)[O-]. The predicted molar refractivity (Wildman–Crippen MR) is 82.7 cm³/mol. The summed E-state index contributed by atoms with van der Waals surface area (Å²) in [4.78, 5) is 32.0. The molecule has 0 aliphatic rings. The van der Waals surface area contributed by atoms with Gasteiger partial charge in [0.25, 0.3) is 11.4 Å². The van der Waals surface area contributed by atoms with Crippen LogP contribution in [0.2, 0.25) is 0 Å². The van der Waals surface area contributed by atoms with Crippen LogP contribution in [0.3, 0.4) is 0 Å². The Morgan fingerprint density at radius 1 is 1.09 bits per heavy atom. The van der Waals surface area contributed by atoms with E-state index in [1.165, 1.54) is 18.2 Å². The molecule has 2 aromatic carbocycles. The van der Waals surface area contributed by atoms with Crippen LogP contribution >= 0.6 is 11.8 Å². The third kappa shape index (κ3) is 3.83. The second kappa shape index (κ2) is 6.88. The van der Waals surface area contributed by atoms with Crippen molar-refractivity contribution in [1.29, 1.82) is 0 Å². The van der Waals surface area contributed by atoms with Gasteiger partial charge in [-0.15, -0.1) is 11.8 Å². The molecule has 0 aromatic heterocycles. The van der Waals surface area contributed by atoms with E-state index in [2.05, 4.69) is 0 Å². The molecule has 0 radical (unpaired) electrons. The van der Waals surface area contributed by atoms with Gasteiger partial charge in [-0.2, -0.15) is 0 Å². The van der Waals surface area contributed by atoms with Crippen molar-refractivity contribution in [1.82, 2.24) is 0 Å². The first-order chi connectivity index (χ1) is 10.9. The summed E-state index contributed by atoms with van der Waals surface area (Å²) in [5.74, 6) is -0.968. The lowest BCUT2D eigenvalue weighted by atomic mass is 10.2. The number of hydrogen-bond acceptors (Lipinski definition) is 6. The number of thioether (sulfide) groups is 1. The van der Waals surface area contributed by atoms with Gasteiger partial charge in [0, 0.05) is 22.3 Å². The van der Waals surface area contributed by atoms with Gasteiger partial charge in [0.1, 0.15) is 0 Å². The molecule has 0 saturated carbocycles. The van der Waals surface area contributed by atoms with Gasteiger partial charge in [0.05, 0.1) is 21.5 Å². The van der Waals surface area contributed by atoms with E-state index in [1.54, 1.807) is 18.2 Å². The standard InChI is InChI=1S/C14H10N2O6S/c17-14(18)11-3-1-2-4-13(11)23-8-9-5-6-10(15(19)20)7-12(9)16(21)22/h1-7H,8H2,(H,17,18). The summed E-state index contributed by atoms with van der Waals surface area (Å²) in [6.45, 7) is 0. The summed E-state index contributed by atoms with van der Waals surface area (Å²) in [6, 6.07) is 9.69. The number of hydrogen-bond donors (Lipinski definition) is 1. The fourth-order valence-corrected chi connectivity index (χ4v) is 2.92. The summed E-state index contributed by atoms with van der Waals surface area (Å²) in [6.07, 6.45) is 0. The van der Waals surface area contributed by atoms with Crippen LogP contribution in [0, 0.1) is 20.2 Å². The molecule has 0 amide bonds. The maximum absolute atomic E-state index is 11.1. The molecule has 23 heavy (non-hydrogen) atoms. The van der Waals surface area contributed by atoms with E-state index in [0.29, 0.717) is 4.90 Å². The van der Waals surface area contributed by atoms with Crippen molar-refractivity contribution in [2.75, 3.05) is 0 Å². The van der Waals surface area contributed by atoms with Gasteiger partial charge < -0.3 is 5.11 Å². The zero-order valence-corrected chi connectivity index (χ0v) is 12.4. The summed E-state index contributed by atoms with van der Waals surface area (Å²) >= 11 is 1.12. The van der Waals surface area contributed by atoms with Gasteiger partial charge in [-0.3, -0.25) is 20.2 Å². The molecule has 0 unspecified atom stereocenters. The Bertz CT molecular complexity index is 793. The first-order valence-electron chi connectivity index (χ1n) is 6.27. The Labute approximate surface area is 134 Å². The molecule has 0 aliphatic carbocycles. The topological polar surface area (TPSA) is 124 Å². The lowest BCUT2D eigenvalue weighted by Gasteiger charge is -2.06. The number of nitro benzene ring substituents is 2. The Hall–Kier alpha value is -2.94. The lowest BCUT2D eigenvalue weighted by molar-refractivity contribution is -0.394. The molecule has 0 bridgehead atoms. The highest BCUT2D eigenvalue weighted by molar-refractivity contribution is 7.98. The average molecular weight is 334 g/mol. The minimum Gasteiger partial charge on any atom is -0.478 e. The number of rotatable bonds is 6. The average Bonchev–Trinajstić information content (AvgIpc) is 2.52. The molecule has 0 spiro atoms. The monoisotopic (exact) mass is 334 g/mol. The number of carboxylic acid groups (broad SMARTS) is 1. The van der Waals surface area contributed by atoms with Crippen LogP contribution in [-0.4, -0.2) is 20.9 Å². The third-order valence-corrected chi connectivity index (χ3v) is 4.10. The highest BCUT2D eigenvalue weighted by atomic mass is 32.2. The fraction of sp³-hybridized carbons (Fsp3) is 0.0714. The van der Waals surface area contributed by atoms with E-state index in [-0.39, 0.29) is 28.3 Å². The number of nitro groups is 2. The normalized spacial score (nSPS) is 10.3. The Kier molecular flexibility index (Phi) is 4.91. The van der Waals surface area contributed by atoms with E-state index >= 15 is 0 Å². The second-order valence-corrected chi connectivity index (χ2v) is 5.43. The quantitative estimate of drug-likeness (QED) is 0.487. The van der Waals surface area contributed by atoms with Crippen LogP contribution in [-0.2, 0) is 5.75 Å². The van der Waals surface area contributed by atoms with E-state index < -0.39 is 15.8 Å². The Morgan fingerprint density at radius 3 is 2.39 bits per heavy atom. The zero-order valence-electron chi connectivity index (χ0n) is 11.5. The molecule has 8 nitrogen and oxygen atoms in total. The molecule has 118 valence electrons.